The molecular weight excluding hydrogens is 538 g/mol. The topological polar surface area (TPSA) is 169 Å². The number of nitrogens with one attached hydrogen (secondary N) is 4. The number of nitriles is 1. The number of rotatable bonds is 8. The van der Waals surface area contributed by atoms with Crippen molar-refractivity contribution in [1.82, 2.24) is 41.5 Å². The fraction of sp³-hybridized carbons (Fsp3) is 0.480. The molecule has 0 radical (unpaired) electrons. The number of aromatic amines is 1. The Morgan fingerprint density at radius 2 is 1.95 bits per heavy atom. The van der Waals surface area contributed by atoms with Gasteiger partial charge in [0.1, 0.15) is 6.04 Å². The second-order valence-corrected chi connectivity index (χ2v) is 11.7. The minimum Gasteiger partial charge on any atom is -0.354 e. The van der Waals surface area contributed by atoms with Crippen LogP contribution in [0.25, 0.3) is 0 Å². The smallest absolute Gasteiger partial charge is 0.261 e. The molecule has 12 nitrogen and oxygen atoms in total. The number of thiophene rings is 2. The van der Waals surface area contributed by atoms with E-state index < -0.39 is 5.41 Å². The average molecular weight is 568 g/mol. The van der Waals surface area contributed by atoms with E-state index in [4.69, 9.17) is 0 Å². The number of H-pyrrole nitrogens is 1. The van der Waals surface area contributed by atoms with Crippen LogP contribution in [-0.2, 0) is 23.1 Å². The van der Waals surface area contributed by atoms with Crippen LogP contribution < -0.4 is 16.0 Å². The maximum Gasteiger partial charge on any atom is 0.261 e. The van der Waals surface area contributed by atoms with E-state index in [-0.39, 0.29) is 30.3 Å². The zero-order valence-electron chi connectivity index (χ0n) is 21.7. The van der Waals surface area contributed by atoms with Gasteiger partial charge in [0, 0.05) is 30.4 Å². The molecule has 39 heavy (non-hydrogen) atoms. The third kappa shape index (κ3) is 4.81. The Labute approximate surface area is 233 Å². The van der Waals surface area contributed by atoms with Crippen molar-refractivity contribution in [2.24, 2.45) is 0 Å². The van der Waals surface area contributed by atoms with Crippen LogP contribution >= 0.6 is 22.7 Å². The second-order valence-electron chi connectivity index (χ2n) is 9.51. The van der Waals surface area contributed by atoms with Gasteiger partial charge < -0.3 is 20.9 Å². The highest BCUT2D eigenvalue weighted by Crippen LogP contribution is 2.50. The first-order chi connectivity index (χ1) is 18.9. The lowest BCUT2D eigenvalue weighted by Crippen LogP contribution is -2.42. The fourth-order valence-corrected chi connectivity index (χ4v) is 8.06. The Hall–Kier alpha value is -3.67. The summed E-state index contributed by atoms with van der Waals surface area (Å²) in [5.74, 6) is -0.0111. The van der Waals surface area contributed by atoms with E-state index in [2.05, 4.69) is 42.6 Å². The van der Waals surface area contributed by atoms with Crippen molar-refractivity contribution in [2.45, 2.75) is 43.6 Å². The first-order valence-electron chi connectivity index (χ1n) is 12.8. The Morgan fingerprint density at radius 1 is 1.18 bits per heavy atom. The molecule has 0 spiro atoms. The van der Waals surface area contributed by atoms with E-state index in [9.17, 15) is 19.6 Å². The number of carbonyl (C=O) groups is 3. The van der Waals surface area contributed by atoms with E-state index in [1.54, 1.807) is 19.0 Å². The number of carbonyl (C=O) groups excluding carboxylic acids is 3. The van der Waals surface area contributed by atoms with E-state index >= 15 is 0 Å². The molecule has 1 saturated heterocycles. The Balaban J connectivity index is 1.53. The third-order valence-electron chi connectivity index (χ3n) is 7.39. The molecule has 4 N–H and O–H groups in total. The standard InChI is InChI=1S/C25H29N9O3S2/c1-27-22(36)18-10-14-5-6-17-16(11-19(38-17)23(37)28-2)25(21(14)39-18,24-30-32-33-31-24)7-8-29-13-20(35)34-9-3-4-15(34)12-26/h10-11,15,29H,3-9,13H2,1-2H3,(H,27,36)(H,28,37)(H,30,31,32,33)/t15-,25?/m0/s1. The van der Waals surface area contributed by atoms with Crippen LogP contribution in [-0.4, -0.2) is 83.0 Å². The van der Waals surface area contributed by atoms with Crippen LogP contribution in [0.2, 0.25) is 0 Å². The molecule has 3 aromatic rings. The van der Waals surface area contributed by atoms with Gasteiger partial charge in [0.05, 0.1) is 27.8 Å². The van der Waals surface area contributed by atoms with Gasteiger partial charge in [0.2, 0.25) is 5.91 Å². The number of aryl methyl sites for hydroxylation is 2. The molecule has 2 atom stereocenters. The number of fused-ring (bicyclic) bond motifs is 2. The summed E-state index contributed by atoms with van der Waals surface area (Å²) >= 11 is 2.84. The minimum atomic E-state index is -0.896. The Bertz CT molecular complexity index is 1360. The predicted octanol–water partition coefficient (Wildman–Crippen LogP) is 0.969. The molecule has 0 bridgehead atoms. The molecular formula is C25H29N9O3S2. The molecule has 3 amide bonds. The summed E-state index contributed by atoms with van der Waals surface area (Å²) < 4.78 is 0. The Kier molecular flexibility index (Phi) is 7.74. The molecule has 1 aliphatic carbocycles. The third-order valence-corrected chi connectivity index (χ3v) is 9.92. The first kappa shape index (κ1) is 26.9. The summed E-state index contributed by atoms with van der Waals surface area (Å²) in [7, 11) is 3.20. The van der Waals surface area contributed by atoms with Crippen molar-refractivity contribution < 1.29 is 14.4 Å². The van der Waals surface area contributed by atoms with Crippen LogP contribution in [0.5, 0.6) is 0 Å². The highest BCUT2D eigenvalue weighted by atomic mass is 32.1. The van der Waals surface area contributed by atoms with E-state index in [0.29, 0.717) is 54.4 Å². The summed E-state index contributed by atoms with van der Waals surface area (Å²) in [5.41, 5.74) is 1.04. The van der Waals surface area contributed by atoms with E-state index in [1.165, 1.54) is 22.7 Å². The molecule has 204 valence electrons. The van der Waals surface area contributed by atoms with Crippen LogP contribution in [0.4, 0.5) is 0 Å². The summed E-state index contributed by atoms with van der Waals surface area (Å²) in [4.78, 5) is 42.9. The van der Waals surface area contributed by atoms with Crippen LogP contribution in [0, 0.1) is 11.3 Å². The molecule has 0 saturated carbocycles. The average Bonchev–Trinajstić information content (AvgIpc) is 3.77. The van der Waals surface area contributed by atoms with Crippen molar-refractivity contribution in [3.8, 4) is 6.07 Å². The summed E-state index contributed by atoms with van der Waals surface area (Å²) in [6, 6.07) is 5.66. The zero-order valence-corrected chi connectivity index (χ0v) is 23.3. The van der Waals surface area contributed by atoms with Gasteiger partial charge in [-0.25, -0.2) is 0 Å². The van der Waals surface area contributed by atoms with Crippen molar-refractivity contribution in [3.05, 3.63) is 48.6 Å². The molecule has 3 aromatic heterocycles. The summed E-state index contributed by atoms with van der Waals surface area (Å²) in [6.45, 7) is 1.11. The molecule has 1 unspecified atom stereocenters. The predicted molar refractivity (Wildman–Crippen MR) is 145 cm³/mol. The number of amides is 3. The van der Waals surface area contributed by atoms with E-state index in [0.717, 1.165) is 27.3 Å². The van der Waals surface area contributed by atoms with Crippen molar-refractivity contribution in [2.75, 3.05) is 33.7 Å². The second kappa shape index (κ2) is 11.2. The monoisotopic (exact) mass is 567 g/mol. The highest BCUT2D eigenvalue weighted by Gasteiger charge is 2.47. The molecule has 1 fully saturated rings. The van der Waals surface area contributed by atoms with Crippen LogP contribution in [0.15, 0.2) is 12.1 Å². The van der Waals surface area contributed by atoms with Gasteiger partial charge in [-0.05, 0) is 61.9 Å². The maximum absolute atomic E-state index is 12.8. The van der Waals surface area contributed by atoms with Crippen LogP contribution in [0.3, 0.4) is 0 Å². The number of nitrogens with zero attached hydrogens (tertiary/aromatic N) is 5. The van der Waals surface area contributed by atoms with Crippen molar-refractivity contribution >= 4 is 40.4 Å². The zero-order chi connectivity index (χ0) is 27.6. The van der Waals surface area contributed by atoms with Crippen molar-refractivity contribution in [1.29, 1.82) is 5.26 Å². The van der Waals surface area contributed by atoms with Gasteiger partial charge in [-0.1, -0.05) is 5.21 Å². The lowest BCUT2D eigenvalue weighted by atomic mass is 9.75. The fourth-order valence-electron chi connectivity index (χ4n) is 5.49. The molecule has 5 rings (SSSR count). The van der Waals surface area contributed by atoms with Gasteiger partial charge in [0.15, 0.2) is 5.82 Å². The normalized spacial score (nSPS) is 20.0. The number of tetrazole rings is 1. The highest BCUT2D eigenvalue weighted by molar-refractivity contribution is 7.15. The summed E-state index contributed by atoms with van der Waals surface area (Å²) in [6.07, 6.45) is 3.38. The maximum atomic E-state index is 12.8. The summed E-state index contributed by atoms with van der Waals surface area (Å²) in [5, 5.41) is 33.3. The lowest BCUT2D eigenvalue weighted by molar-refractivity contribution is -0.130. The number of hydrogen-bond donors (Lipinski definition) is 4. The van der Waals surface area contributed by atoms with Gasteiger partial charge in [-0.2, -0.15) is 10.5 Å². The van der Waals surface area contributed by atoms with Gasteiger partial charge in [-0.3, -0.25) is 14.4 Å². The lowest BCUT2D eigenvalue weighted by Gasteiger charge is -2.31. The quantitative estimate of drug-likeness (QED) is 0.292. The van der Waals surface area contributed by atoms with Gasteiger partial charge in [-0.15, -0.1) is 32.9 Å². The first-order valence-corrected chi connectivity index (χ1v) is 14.4. The molecule has 14 heteroatoms. The molecule has 0 aromatic carbocycles. The molecule has 4 heterocycles. The van der Waals surface area contributed by atoms with Gasteiger partial charge in [0.25, 0.3) is 11.8 Å². The van der Waals surface area contributed by atoms with Crippen LogP contribution in [0.1, 0.15) is 65.3 Å². The largest absolute Gasteiger partial charge is 0.354 e. The minimum absolute atomic E-state index is 0.0985. The number of hydrogen-bond acceptors (Lipinski definition) is 10. The van der Waals surface area contributed by atoms with Crippen molar-refractivity contribution in [3.63, 3.8) is 0 Å². The Morgan fingerprint density at radius 3 is 2.64 bits per heavy atom. The number of aromatic nitrogens is 4. The SMILES string of the molecule is CNC(=O)c1cc2c(s1)CCc1cc(C(=O)NC)sc1C2(CCNCC(=O)N1CCC[C@H]1C#N)c1nn[nH]n1. The number of likely N-dealkylation sites (tertiary alicyclic amines) is 1. The van der Waals surface area contributed by atoms with Gasteiger partial charge >= 0.3 is 0 Å². The molecule has 1 aliphatic heterocycles. The molecule has 2 aliphatic rings. The van der Waals surface area contributed by atoms with E-state index in [1.807, 2.05) is 12.1 Å².